The van der Waals surface area contributed by atoms with Crippen molar-refractivity contribution in [3.63, 3.8) is 0 Å². The van der Waals surface area contributed by atoms with Gasteiger partial charge in [-0.15, -0.1) is 12.3 Å². The van der Waals surface area contributed by atoms with Gasteiger partial charge in [0, 0.05) is 12.0 Å². The van der Waals surface area contributed by atoms with Crippen molar-refractivity contribution in [2.45, 2.75) is 38.6 Å². The first kappa shape index (κ1) is 16.8. The summed E-state index contributed by atoms with van der Waals surface area (Å²) in [5.74, 6) is 1.46. The van der Waals surface area contributed by atoms with Crippen LogP contribution in [0.5, 0.6) is 0 Å². The van der Waals surface area contributed by atoms with Crippen LogP contribution in [0.15, 0.2) is 24.3 Å². The molecule has 0 spiro atoms. The average Bonchev–Trinajstić information content (AvgIpc) is 2.45. The van der Waals surface area contributed by atoms with Crippen LogP contribution in [0.4, 0.5) is 0 Å². The molecule has 0 aliphatic heterocycles. The van der Waals surface area contributed by atoms with E-state index in [9.17, 15) is 9.59 Å². The molecule has 0 saturated carbocycles. The van der Waals surface area contributed by atoms with Crippen LogP contribution in [0.25, 0.3) is 0 Å². The van der Waals surface area contributed by atoms with E-state index in [1.54, 1.807) is 12.1 Å². The number of nitrogens with one attached hydrogen (secondary N) is 1. The molecule has 0 aliphatic carbocycles. The number of hydrogen-bond donors (Lipinski definition) is 1. The number of methoxy groups -OCH3 is 1. The van der Waals surface area contributed by atoms with Crippen molar-refractivity contribution in [3.8, 4) is 12.3 Å². The predicted octanol–water partition coefficient (Wildman–Crippen LogP) is 2.28. The highest BCUT2D eigenvalue weighted by Gasteiger charge is 2.21. The number of hydrogen-bond acceptors (Lipinski definition) is 3. The van der Waals surface area contributed by atoms with Crippen LogP contribution in [-0.4, -0.2) is 25.0 Å². The van der Waals surface area contributed by atoms with Gasteiger partial charge in [0.1, 0.15) is 6.04 Å². The van der Waals surface area contributed by atoms with E-state index in [1.807, 2.05) is 12.1 Å². The minimum absolute atomic E-state index is 0.0209. The normalized spacial score (nSPS) is 12.1. The molecule has 0 bridgehead atoms. The maximum atomic E-state index is 12.1. The zero-order valence-corrected chi connectivity index (χ0v) is 12.9. The largest absolute Gasteiger partial charge is 0.467 e. The van der Waals surface area contributed by atoms with Gasteiger partial charge in [-0.05, 0) is 23.1 Å². The fourth-order valence-corrected chi connectivity index (χ4v) is 1.82. The number of ether oxygens (including phenoxy) is 1. The van der Waals surface area contributed by atoms with E-state index in [2.05, 4.69) is 36.7 Å². The average molecular weight is 287 g/mol. The highest BCUT2D eigenvalue weighted by Crippen LogP contribution is 2.22. The first-order valence-corrected chi connectivity index (χ1v) is 6.72. The first-order valence-electron chi connectivity index (χ1n) is 6.72. The second kappa shape index (κ2) is 6.94. The summed E-state index contributed by atoms with van der Waals surface area (Å²) in [6, 6.07) is 6.46. The number of esters is 1. The summed E-state index contributed by atoms with van der Waals surface area (Å²) in [6.07, 6.45) is 5.29. The van der Waals surface area contributed by atoms with Crippen LogP contribution >= 0.6 is 0 Å². The van der Waals surface area contributed by atoms with E-state index in [-0.39, 0.29) is 17.7 Å². The monoisotopic (exact) mass is 287 g/mol. The number of terminal acetylenes is 1. The van der Waals surface area contributed by atoms with Crippen LogP contribution in [0.3, 0.4) is 0 Å². The topological polar surface area (TPSA) is 55.4 Å². The molecule has 1 aromatic rings. The molecule has 1 atom stereocenters. The van der Waals surface area contributed by atoms with Crippen molar-refractivity contribution in [1.82, 2.24) is 5.32 Å². The lowest BCUT2D eigenvalue weighted by Crippen LogP contribution is -2.41. The smallest absolute Gasteiger partial charge is 0.329 e. The van der Waals surface area contributed by atoms with E-state index in [0.717, 1.165) is 5.56 Å². The van der Waals surface area contributed by atoms with Gasteiger partial charge in [-0.25, -0.2) is 4.79 Å². The molecule has 0 aromatic heterocycles. The standard InChI is InChI=1S/C17H21NO3/c1-6-7-14(16(20)21-5)18-15(19)12-8-10-13(11-9-12)17(2,3)4/h1,8-11,14H,7H2,2-5H3,(H,18,19)/t14-/m0/s1. The summed E-state index contributed by atoms with van der Waals surface area (Å²) in [7, 11) is 1.26. The van der Waals surface area contributed by atoms with Crippen LogP contribution in [0, 0.1) is 12.3 Å². The Morgan fingerprint density at radius 2 is 1.86 bits per heavy atom. The molecule has 112 valence electrons. The van der Waals surface area contributed by atoms with Gasteiger partial charge < -0.3 is 10.1 Å². The molecule has 4 heteroatoms. The predicted molar refractivity (Wildman–Crippen MR) is 81.9 cm³/mol. The Balaban J connectivity index is 2.84. The van der Waals surface area contributed by atoms with Gasteiger partial charge in [-0.1, -0.05) is 32.9 Å². The van der Waals surface area contributed by atoms with Gasteiger partial charge in [-0.3, -0.25) is 4.79 Å². The lowest BCUT2D eigenvalue weighted by molar-refractivity contribution is -0.142. The van der Waals surface area contributed by atoms with E-state index >= 15 is 0 Å². The zero-order valence-electron chi connectivity index (χ0n) is 12.9. The minimum Gasteiger partial charge on any atom is -0.467 e. The van der Waals surface area contributed by atoms with Crippen LogP contribution in [-0.2, 0) is 14.9 Å². The summed E-state index contributed by atoms with van der Waals surface area (Å²) in [5.41, 5.74) is 1.63. The quantitative estimate of drug-likeness (QED) is 0.683. The first-order chi connectivity index (χ1) is 9.79. The van der Waals surface area contributed by atoms with Crippen molar-refractivity contribution >= 4 is 11.9 Å². The molecule has 1 N–H and O–H groups in total. The van der Waals surface area contributed by atoms with Gasteiger partial charge in [0.05, 0.1) is 7.11 Å². The highest BCUT2D eigenvalue weighted by atomic mass is 16.5. The SMILES string of the molecule is C#CC[C@H](NC(=O)c1ccc(C(C)(C)C)cc1)C(=O)OC. The molecule has 1 amide bonds. The third-order valence-electron chi connectivity index (χ3n) is 3.13. The Bertz CT molecular complexity index is 547. The maximum absolute atomic E-state index is 12.1. The van der Waals surface area contributed by atoms with Crippen molar-refractivity contribution < 1.29 is 14.3 Å². The van der Waals surface area contributed by atoms with Crippen molar-refractivity contribution in [3.05, 3.63) is 35.4 Å². The molecular formula is C17H21NO3. The second-order valence-corrected chi connectivity index (χ2v) is 5.78. The molecule has 0 heterocycles. The second-order valence-electron chi connectivity index (χ2n) is 5.78. The van der Waals surface area contributed by atoms with Crippen LogP contribution in [0.1, 0.15) is 43.1 Å². The van der Waals surface area contributed by atoms with Crippen molar-refractivity contribution in [1.29, 1.82) is 0 Å². The summed E-state index contributed by atoms with van der Waals surface area (Å²) in [6.45, 7) is 6.30. The molecular weight excluding hydrogens is 266 g/mol. The molecule has 0 fully saturated rings. The number of benzene rings is 1. The molecule has 4 nitrogen and oxygen atoms in total. The van der Waals surface area contributed by atoms with Gasteiger partial charge >= 0.3 is 5.97 Å². The summed E-state index contributed by atoms with van der Waals surface area (Å²) < 4.78 is 4.62. The lowest BCUT2D eigenvalue weighted by Gasteiger charge is -2.19. The molecule has 21 heavy (non-hydrogen) atoms. The number of rotatable bonds is 4. The summed E-state index contributed by atoms with van der Waals surface area (Å²) in [4.78, 5) is 23.6. The lowest BCUT2D eigenvalue weighted by atomic mass is 9.86. The molecule has 0 aliphatic rings. The number of carbonyl (C=O) groups excluding carboxylic acids is 2. The molecule has 1 aromatic carbocycles. The minimum atomic E-state index is -0.824. The fraction of sp³-hybridized carbons (Fsp3) is 0.412. The Morgan fingerprint density at radius 3 is 2.29 bits per heavy atom. The maximum Gasteiger partial charge on any atom is 0.329 e. The molecule has 1 rings (SSSR count). The Hall–Kier alpha value is -2.28. The Morgan fingerprint density at radius 1 is 1.29 bits per heavy atom. The van der Waals surface area contributed by atoms with Gasteiger partial charge in [-0.2, -0.15) is 0 Å². The van der Waals surface area contributed by atoms with E-state index < -0.39 is 12.0 Å². The molecule has 0 radical (unpaired) electrons. The van der Waals surface area contributed by atoms with E-state index in [0.29, 0.717) is 5.56 Å². The van der Waals surface area contributed by atoms with Gasteiger partial charge in [0.15, 0.2) is 0 Å². The third-order valence-corrected chi connectivity index (χ3v) is 3.13. The van der Waals surface area contributed by atoms with Gasteiger partial charge in [0.2, 0.25) is 0 Å². The van der Waals surface area contributed by atoms with E-state index in [1.165, 1.54) is 7.11 Å². The van der Waals surface area contributed by atoms with Crippen molar-refractivity contribution in [2.75, 3.05) is 7.11 Å². The third kappa shape index (κ3) is 4.64. The Labute approximate surface area is 125 Å². The summed E-state index contributed by atoms with van der Waals surface area (Å²) >= 11 is 0. The summed E-state index contributed by atoms with van der Waals surface area (Å²) in [5, 5.41) is 2.59. The van der Waals surface area contributed by atoms with E-state index in [4.69, 9.17) is 6.42 Å². The molecule has 0 saturated heterocycles. The molecule has 0 unspecified atom stereocenters. The van der Waals surface area contributed by atoms with Crippen LogP contribution in [0.2, 0.25) is 0 Å². The van der Waals surface area contributed by atoms with Gasteiger partial charge in [0.25, 0.3) is 5.91 Å². The highest BCUT2D eigenvalue weighted by molar-refractivity contribution is 5.96. The fourth-order valence-electron chi connectivity index (χ4n) is 1.82. The Kier molecular flexibility index (Phi) is 5.54. The van der Waals surface area contributed by atoms with Crippen molar-refractivity contribution in [2.24, 2.45) is 0 Å². The number of amides is 1. The number of carbonyl (C=O) groups is 2. The van der Waals surface area contributed by atoms with Crippen LogP contribution < -0.4 is 5.32 Å². The zero-order chi connectivity index (χ0) is 16.0.